The Morgan fingerprint density at radius 2 is 1.15 bits per heavy atom. The van der Waals surface area contributed by atoms with Crippen LogP contribution in [0.25, 0.3) is 0 Å². The van der Waals surface area contributed by atoms with Gasteiger partial charge in [0.15, 0.2) is 0 Å². The number of hydrogen-bond acceptors (Lipinski definition) is 7. The molecular weight excluding hydrogens is 358 g/mol. The molecule has 0 saturated carbocycles. The predicted molar refractivity (Wildman–Crippen MR) is 89.8 cm³/mol. The molecule has 0 fully saturated rings. The van der Waals surface area contributed by atoms with E-state index in [-0.39, 0.29) is 11.1 Å². The van der Waals surface area contributed by atoms with Crippen LogP contribution >= 0.6 is 0 Å². The standard InChI is InChI=1S/C18H15NO8/c19-27-18(16(24)25,14(21)12-9-5-2-6-10-12)17(26,15(22)23)13(20)11-7-3-1-4-8-11/h1-10,26H,19H2,(H,22,23)(H,24,25). The average Bonchev–Trinajstić information content (AvgIpc) is 2.68. The highest BCUT2D eigenvalue weighted by Crippen LogP contribution is 2.34. The van der Waals surface area contributed by atoms with E-state index in [9.17, 15) is 34.5 Å². The fourth-order valence-corrected chi connectivity index (χ4v) is 2.60. The monoisotopic (exact) mass is 373 g/mol. The molecule has 2 aromatic rings. The van der Waals surface area contributed by atoms with E-state index in [0.29, 0.717) is 0 Å². The summed E-state index contributed by atoms with van der Waals surface area (Å²) in [5.74, 6) is -2.63. The summed E-state index contributed by atoms with van der Waals surface area (Å²) in [6.07, 6.45) is 0. The quantitative estimate of drug-likeness (QED) is 0.289. The average molecular weight is 373 g/mol. The van der Waals surface area contributed by atoms with Crippen LogP contribution in [-0.2, 0) is 14.4 Å². The van der Waals surface area contributed by atoms with Gasteiger partial charge in [-0.25, -0.2) is 15.5 Å². The Labute approximate surface area is 152 Å². The first kappa shape index (κ1) is 19.9. The normalized spacial score (nSPS) is 15.2. The number of Topliss-reactive ketones (excluding diaryl/α,β-unsaturated/α-hetero) is 2. The molecule has 0 aliphatic heterocycles. The number of hydrogen-bond donors (Lipinski definition) is 4. The van der Waals surface area contributed by atoms with E-state index in [2.05, 4.69) is 4.84 Å². The fourth-order valence-electron chi connectivity index (χ4n) is 2.60. The van der Waals surface area contributed by atoms with Crippen LogP contribution < -0.4 is 5.90 Å². The lowest BCUT2D eigenvalue weighted by Crippen LogP contribution is -2.73. The van der Waals surface area contributed by atoms with Gasteiger partial charge in [-0.05, 0) is 0 Å². The van der Waals surface area contributed by atoms with Crippen LogP contribution in [-0.4, -0.2) is 50.0 Å². The van der Waals surface area contributed by atoms with Gasteiger partial charge in [-0.3, -0.25) is 14.4 Å². The van der Waals surface area contributed by atoms with Crippen molar-refractivity contribution in [3.8, 4) is 0 Å². The lowest BCUT2D eigenvalue weighted by Gasteiger charge is -2.36. The number of rotatable bonds is 8. The van der Waals surface area contributed by atoms with Crippen molar-refractivity contribution in [2.45, 2.75) is 11.2 Å². The summed E-state index contributed by atoms with van der Waals surface area (Å²) in [6.45, 7) is 0. The van der Waals surface area contributed by atoms with Gasteiger partial charge in [0.1, 0.15) is 0 Å². The second-order valence-electron chi connectivity index (χ2n) is 5.51. The van der Waals surface area contributed by atoms with Gasteiger partial charge in [-0.1, -0.05) is 60.7 Å². The van der Waals surface area contributed by atoms with E-state index < -0.39 is 34.7 Å². The molecule has 0 spiro atoms. The number of aliphatic carboxylic acids is 2. The molecular formula is C18H15NO8. The van der Waals surface area contributed by atoms with Crippen molar-refractivity contribution in [1.82, 2.24) is 0 Å². The van der Waals surface area contributed by atoms with E-state index in [1.807, 2.05) is 0 Å². The molecule has 2 atom stereocenters. The lowest BCUT2D eigenvalue weighted by atomic mass is 9.73. The van der Waals surface area contributed by atoms with Crippen LogP contribution in [0.1, 0.15) is 20.7 Å². The molecule has 0 aliphatic rings. The van der Waals surface area contributed by atoms with Crippen LogP contribution in [0.3, 0.4) is 0 Å². The van der Waals surface area contributed by atoms with Crippen LogP contribution in [0.15, 0.2) is 60.7 Å². The van der Waals surface area contributed by atoms with Gasteiger partial charge in [0.05, 0.1) is 0 Å². The number of aliphatic hydroxyl groups is 1. The fraction of sp³-hybridized carbons (Fsp3) is 0.111. The molecule has 140 valence electrons. The zero-order valence-corrected chi connectivity index (χ0v) is 13.7. The highest BCUT2D eigenvalue weighted by Gasteiger charge is 2.72. The van der Waals surface area contributed by atoms with E-state index in [0.717, 1.165) is 24.3 Å². The molecule has 0 aromatic heterocycles. The van der Waals surface area contributed by atoms with Crippen LogP contribution in [0.4, 0.5) is 0 Å². The molecule has 9 nitrogen and oxygen atoms in total. The third-order valence-electron chi connectivity index (χ3n) is 4.02. The van der Waals surface area contributed by atoms with E-state index in [1.54, 1.807) is 0 Å². The van der Waals surface area contributed by atoms with Crippen molar-refractivity contribution in [2.24, 2.45) is 5.90 Å². The SMILES string of the molecule is NOC(C(=O)O)(C(=O)c1ccccc1)C(O)(C(=O)O)C(=O)c1ccccc1. The number of benzene rings is 2. The van der Waals surface area contributed by atoms with Gasteiger partial charge in [0, 0.05) is 11.1 Å². The van der Waals surface area contributed by atoms with Gasteiger partial charge >= 0.3 is 11.9 Å². The molecule has 0 bridgehead atoms. The smallest absolute Gasteiger partial charge is 0.350 e. The van der Waals surface area contributed by atoms with Crippen molar-refractivity contribution in [2.75, 3.05) is 0 Å². The maximum Gasteiger partial charge on any atom is 0.350 e. The molecule has 2 aromatic carbocycles. The topological polar surface area (TPSA) is 164 Å². The Kier molecular flexibility index (Phi) is 5.50. The molecule has 0 saturated heterocycles. The number of carboxylic acids is 2. The van der Waals surface area contributed by atoms with Gasteiger partial charge in [-0.15, -0.1) is 0 Å². The Balaban J connectivity index is 2.78. The number of carboxylic acid groups (broad SMARTS) is 2. The molecule has 2 unspecified atom stereocenters. The molecule has 0 radical (unpaired) electrons. The summed E-state index contributed by atoms with van der Waals surface area (Å²) in [7, 11) is 0. The minimum Gasteiger partial charge on any atom is -0.479 e. The van der Waals surface area contributed by atoms with Gasteiger partial charge < -0.3 is 15.3 Å². The third-order valence-corrected chi connectivity index (χ3v) is 4.02. The lowest BCUT2D eigenvalue weighted by molar-refractivity contribution is -0.197. The van der Waals surface area contributed by atoms with Crippen LogP contribution in [0.5, 0.6) is 0 Å². The highest BCUT2D eigenvalue weighted by atomic mass is 16.7. The summed E-state index contributed by atoms with van der Waals surface area (Å²) in [5, 5.41) is 30.0. The van der Waals surface area contributed by atoms with E-state index in [4.69, 9.17) is 5.90 Å². The highest BCUT2D eigenvalue weighted by molar-refractivity contribution is 6.28. The predicted octanol–water partition coefficient (Wildman–Crippen LogP) is 0.282. The number of carbonyl (C=O) groups is 4. The molecule has 2 rings (SSSR count). The van der Waals surface area contributed by atoms with Crippen molar-refractivity contribution in [1.29, 1.82) is 0 Å². The molecule has 0 heterocycles. The Morgan fingerprint density at radius 1 is 0.741 bits per heavy atom. The number of nitrogens with two attached hydrogens (primary N) is 1. The van der Waals surface area contributed by atoms with Crippen molar-refractivity contribution in [3.05, 3.63) is 71.8 Å². The summed E-state index contributed by atoms with van der Waals surface area (Å²) in [5.41, 5.74) is -8.16. The van der Waals surface area contributed by atoms with E-state index in [1.165, 1.54) is 36.4 Å². The molecule has 0 aliphatic carbocycles. The summed E-state index contributed by atoms with van der Waals surface area (Å²) < 4.78 is 0. The first-order chi connectivity index (χ1) is 12.7. The van der Waals surface area contributed by atoms with Crippen LogP contribution in [0, 0.1) is 0 Å². The van der Waals surface area contributed by atoms with Gasteiger partial charge in [0.25, 0.3) is 11.2 Å². The number of ketones is 2. The molecule has 9 heteroatoms. The zero-order chi connectivity index (χ0) is 20.2. The first-order valence-corrected chi connectivity index (χ1v) is 7.50. The molecule has 0 amide bonds. The maximum atomic E-state index is 12.9. The van der Waals surface area contributed by atoms with Crippen molar-refractivity contribution >= 4 is 23.5 Å². The minimum absolute atomic E-state index is 0.328. The number of carbonyl (C=O) groups excluding carboxylic acids is 2. The second-order valence-corrected chi connectivity index (χ2v) is 5.51. The molecule has 5 N–H and O–H groups in total. The van der Waals surface area contributed by atoms with Crippen molar-refractivity contribution < 1.29 is 39.3 Å². The van der Waals surface area contributed by atoms with Crippen LogP contribution in [0.2, 0.25) is 0 Å². The first-order valence-electron chi connectivity index (χ1n) is 7.50. The van der Waals surface area contributed by atoms with E-state index >= 15 is 0 Å². The Hall–Kier alpha value is -3.40. The summed E-state index contributed by atoms with van der Waals surface area (Å²) in [4.78, 5) is 53.7. The minimum atomic E-state index is -3.85. The molecule has 27 heavy (non-hydrogen) atoms. The third kappa shape index (κ3) is 2.99. The zero-order valence-electron chi connectivity index (χ0n) is 13.7. The Morgan fingerprint density at radius 3 is 1.48 bits per heavy atom. The largest absolute Gasteiger partial charge is 0.479 e. The maximum absolute atomic E-state index is 12.9. The van der Waals surface area contributed by atoms with Gasteiger partial charge in [-0.2, -0.15) is 0 Å². The Bertz CT molecular complexity index is 883. The van der Waals surface area contributed by atoms with Gasteiger partial charge in [0.2, 0.25) is 11.6 Å². The van der Waals surface area contributed by atoms with Crippen molar-refractivity contribution in [3.63, 3.8) is 0 Å². The summed E-state index contributed by atoms with van der Waals surface area (Å²) in [6, 6.07) is 13.1. The second kappa shape index (κ2) is 7.46. The summed E-state index contributed by atoms with van der Waals surface area (Å²) >= 11 is 0.